The van der Waals surface area contributed by atoms with E-state index in [2.05, 4.69) is 15.6 Å². The molecule has 22 heavy (non-hydrogen) atoms. The minimum absolute atomic E-state index is 0.0615. The van der Waals surface area contributed by atoms with Crippen LogP contribution in [-0.4, -0.2) is 28.4 Å². The normalized spacial score (nSPS) is 13.6. The van der Waals surface area contributed by atoms with Crippen LogP contribution in [0.25, 0.3) is 0 Å². The number of anilines is 1. The first kappa shape index (κ1) is 15.0. The molecule has 0 unspecified atom stereocenters. The van der Waals surface area contributed by atoms with Crippen molar-refractivity contribution in [2.45, 2.75) is 26.4 Å². The maximum atomic E-state index is 12.2. The zero-order valence-electron chi connectivity index (χ0n) is 12.1. The largest absolute Gasteiger partial charge is 0.333 e. The molecule has 2 N–H and O–H groups in total. The molecule has 0 aliphatic carbocycles. The van der Waals surface area contributed by atoms with Crippen LogP contribution in [0.2, 0.25) is 0 Å². The molecule has 0 radical (unpaired) electrons. The Labute approximate surface area is 136 Å². The van der Waals surface area contributed by atoms with Crippen molar-refractivity contribution in [3.63, 3.8) is 0 Å². The summed E-state index contributed by atoms with van der Waals surface area (Å²) < 4.78 is 0. The first-order chi connectivity index (χ1) is 10.6. The summed E-state index contributed by atoms with van der Waals surface area (Å²) in [4.78, 5) is 31.7. The lowest BCUT2D eigenvalue weighted by atomic mass is 10.2. The lowest BCUT2D eigenvalue weighted by molar-refractivity contribution is -0.114. The number of amides is 3. The van der Waals surface area contributed by atoms with Crippen LogP contribution in [0.15, 0.2) is 17.5 Å². The molecule has 8 heteroatoms. The van der Waals surface area contributed by atoms with Crippen molar-refractivity contribution in [1.29, 1.82) is 0 Å². The molecule has 0 spiro atoms. The number of aromatic nitrogens is 1. The predicted molar refractivity (Wildman–Crippen MR) is 87.1 cm³/mol. The van der Waals surface area contributed by atoms with Gasteiger partial charge in [0.1, 0.15) is 0 Å². The maximum Gasteiger partial charge on any atom is 0.318 e. The van der Waals surface area contributed by atoms with Gasteiger partial charge in [-0.05, 0) is 11.4 Å². The molecule has 0 aromatic carbocycles. The highest BCUT2D eigenvalue weighted by atomic mass is 32.1. The Hall–Kier alpha value is -1.93. The molecule has 0 saturated carbocycles. The minimum Gasteiger partial charge on any atom is -0.333 e. The van der Waals surface area contributed by atoms with E-state index in [9.17, 15) is 9.59 Å². The fraction of sp³-hybridized carbons (Fsp3) is 0.357. The number of hydrogen-bond acceptors (Lipinski definition) is 5. The van der Waals surface area contributed by atoms with Gasteiger partial charge in [-0.2, -0.15) is 0 Å². The molecule has 3 rings (SSSR count). The number of nitrogens with one attached hydrogen (secondary N) is 2. The molecule has 3 heterocycles. The van der Waals surface area contributed by atoms with Gasteiger partial charge in [0.15, 0.2) is 5.13 Å². The van der Waals surface area contributed by atoms with E-state index in [1.54, 1.807) is 16.2 Å². The van der Waals surface area contributed by atoms with Crippen molar-refractivity contribution in [1.82, 2.24) is 15.2 Å². The Morgan fingerprint density at radius 1 is 1.45 bits per heavy atom. The third kappa shape index (κ3) is 3.45. The van der Waals surface area contributed by atoms with Crippen LogP contribution in [0.5, 0.6) is 0 Å². The Morgan fingerprint density at radius 3 is 3.05 bits per heavy atom. The molecule has 1 aliphatic heterocycles. The summed E-state index contributed by atoms with van der Waals surface area (Å²) in [5.41, 5.74) is 0.982. The van der Waals surface area contributed by atoms with Crippen LogP contribution in [-0.2, 0) is 24.3 Å². The van der Waals surface area contributed by atoms with E-state index in [-0.39, 0.29) is 11.9 Å². The molecule has 0 fully saturated rings. The molecule has 116 valence electrons. The summed E-state index contributed by atoms with van der Waals surface area (Å²) in [5.74, 6) is -0.128. The molecular weight excluding hydrogens is 320 g/mol. The molecule has 2 aromatic rings. The summed E-state index contributed by atoms with van der Waals surface area (Å²) in [6, 6.07) is 3.91. The Balaban J connectivity index is 1.59. The van der Waals surface area contributed by atoms with Crippen molar-refractivity contribution in [3.05, 3.63) is 33.0 Å². The zero-order chi connectivity index (χ0) is 15.5. The van der Waals surface area contributed by atoms with E-state index in [4.69, 9.17) is 0 Å². The van der Waals surface area contributed by atoms with Crippen molar-refractivity contribution in [3.8, 4) is 0 Å². The number of thiazole rings is 1. The molecule has 6 nitrogen and oxygen atoms in total. The summed E-state index contributed by atoms with van der Waals surface area (Å²) in [5, 5.41) is 8.24. The third-order valence-electron chi connectivity index (χ3n) is 3.30. The standard InChI is InChI=1S/C14H16N4O2S2/c1-9(19)16-13-17-11-4-5-18(8-12(11)22-13)14(20)15-7-10-3-2-6-21-10/h2-3,6H,4-5,7-8H2,1H3,(H,15,20)(H,16,17,19). The highest BCUT2D eigenvalue weighted by molar-refractivity contribution is 7.15. The van der Waals surface area contributed by atoms with Gasteiger partial charge in [-0.25, -0.2) is 9.78 Å². The number of hydrogen-bond donors (Lipinski definition) is 2. The smallest absolute Gasteiger partial charge is 0.318 e. The van der Waals surface area contributed by atoms with Gasteiger partial charge in [0.05, 0.1) is 18.8 Å². The molecule has 0 bridgehead atoms. The van der Waals surface area contributed by atoms with Gasteiger partial charge in [0.25, 0.3) is 0 Å². The van der Waals surface area contributed by atoms with Gasteiger partial charge < -0.3 is 15.5 Å². The van der Waals surface area contributed by atoms with Gasteiger partial charge in [0.2, 0.25) is 5.91 Å². The number of carbonyl (C=O) groups excluding carboxylic acids is 2. The Bertz CT molecular complexity index is 681. The van der Waals surface area contributed by atoms with Crippen LogP contribution in [0.1, 0.15) is 22.4 Å². The van der Waals surface area contributed by atoms with Gasteiger partial charge in [-0.3, -0.25) is 4.79 Å². The predicted octanol–water partition coefficient (Wildman–Crippen LogP) is 2.43. The highest BCUT2D eigenvalue weighted by Gasteiger charge is 2.24. The van der Waals surface area contributed by atoms with Crippen molar-refractivity contribution < 1.29 is 9.59 Å². The lowest BCUT2D eigenvalue weighted by Gasteiger charge is -2.26. The van der Waals surface area contributed by atoms with E-state index < -0.39 is 0 Å². The summed E-state index contributed by atoms with van der Waals surface area (Å²) >= 11 is 3.07. The molecule has 0 saturated heterocycles. The third-order valence-corrected chi connectivity index (χ3v) is 5.17. The Morgan fingerprint density at radius 2 is 2.32 bits per heavy atom. The second-order valence-corrected chi connectivity index (χ2v) is 7.10. The molecule has 2 aromatic heterocycles. The van der Waals surface area contributed by atoms with Crippen LogP contribution in [0.3, 0.4) is 0 Å². The monoisotopic (exact) mass is 336 g/mol. The van der Waals surface area contributed by atoms with Gasteiger partial charge in [-0.1, -0.05) is 17.4 Å². The molecule has 0 atom stereocenters. The number of nitrogens with zero attached hydrogens (tertiary/aromatic N) is 2. The quantitative estimate of drug-likeness (QED) is 0.904. The van der Waals surface area contributed by atoms with E-state index in [0.29, 0.717) is 24.8 Å². The highest BCUT2D eigenvalue weighted by Crippen LogP contribution is 2.28. The van der Waals surface area contributed by atoms with Gasteiger partial charge >= 0.3 is 6.03 Å². The fourth-order valence-electron chi connectivity index (χ4n) is 2.26. The molecule has 3 amide bonds. The number of fused-ring (bicyclic) bond motifs is 1. The molecular formula is C14H16N4O2S2. The van der Waals surface area contributed by atoms with E-state index in [1.807, 2.05) is 17.5 Å². The van der Waals surface area contributed by atoms with Gasteiger partial charge in [0, 0.05) is 29.6 Å². The first-order valence-corrected chi connectivity index (χ1v) is 8.63. The summed E-state index contributed by atoms with van der Waals surface area (Å²) in [6.07, 6.45) is 0.720. The molecule has 1 aliphatic rings. The first-order valence-electron chi connectivity index (χ1n) is 6.93. The minimum atomic E-state index is -0.128. The number of rotatable bonds is 3. The number of thiophene rings is 1. The van der Waals surface area contributed by atoms with Crippen molar-refractivity contribution in [2.75, 3.05) is 11.9 Å². The van der Waals surface area contributed by atoms with Crippen LogP contribution < -0.4 is 10.6 Å². The number of carbonyl (C=O) groups is 2. The zero-order valence-corrected chi connectivity index (χ0v) is 13.7. The van der Waals surface area contributed by atoms with Crippen LogP contribution in [0, 0.1) is 0 Å². The summed E-state index contributed by atoms with van der Waals surface area (Å²) in [7, 11) is 0. The van der Waals surface area contributed by atoms with Crippen molar-refractivity contribution >= 4 is 39.7 Å². The topological polar surface area (TPSA) is 74.3 Å². The van der Waals surface area contributed by atoms with Gasteiger partial charge in [-0.15, -0.1) is 11.3 Å². The van der Waals surface area contributed by atoms with Crippen LogP contribution >= 0.6 is 22.7 Å². The average Bonchev–Trinajstić information content (AvgIpc) is 3.11. The van der Waals surface area contributed by atoms with E-state index >= 15 is 0 Å². The average molecular weight is 336 g/mol. The Kier molecular flexibility index (Phi) is 4.39. The van der Waals surface area contributed by atoms with Crippen molar-refractivity contribution in [2.24, 2.45) is 0 Å². The second-order valence-electron chi connectivity index (χ2n) is 4.98. The summed E-state index contributed by atoms with van der Waals surface area (Å²) in [6.45, 7) is 3.21. The SMILES string of the molecule is CC(=O)Nc1nc2c(s1)CN(C(=O)NCc1cccs1)CC2. The van der Waals surface area contributed by atoms with E-state index in [1.165, 1.54) is 18.3 Å². The van der Waals surface area contributed by atoms with Crippen LogP contribution in [0.4, 0.5) is 9.93 Å². The second kappa shape index (κ2) is 6.45. The maximum absolute atomic E-state index is 12.2. The fourth-order valence-corrected chi connectivity index (χ4v) is 3.98. The number of urea groups is 1. The lowest BCUT2D eigenvalue weighted by Crippen LogP contribution is -2.42. The van der Waals surface area contributed by atoms with E-state index in [0.717, 1.165) is 21.9 Å².